The molecule has 3 aliphatic rings. The monoisotopic (exact) mass is 613 g/mol. The number of anilines is 2. The van der Waals surface area contributed by atoms with Crippen molar-refractivity contribution < 1.29 is 36.0 Å². The number of benzene rings is 2. The Kier molecular flexibility index (Phi) is 6.91. The van der Waals surface area contributed by atoms with Gasteiger partial charge in [0.05, 0.1) is 10.6 Å². The lowest BCUT2D eigenvalue weighted by atomic mass is 10.1. The predicted molar refractivity (Wildman–Crippen MR) is 149 cm³/mol. The molecule has 14 heteroatoms. The van der Waals surface area contributed by atoms with E-state index in [4.69, 9.17) is 0 Å². The molecular formula is C29H26F3N5O5S. The molecular weight excluding hydrogens is 587 g/mol. The lowest BCUT2D eigenvalue weighted by Crippen LogP contribution is -2.49. The fourth-order valence-electron chi connectivity index (χ4n) is 5.51. The van der Waals surface area contributed by atoms with Gasteiger partial charge >= 0.3 is 11.5 Å². The second kappa shape index (κ2) is 10.4. The summed E-state index contributed by atoms with van der Waals surface area (Å²) in [5.41, 5.74) is -4.73. The molecule has 1 aromatic heterocycles. The van der Waals surface area contributed by atoms with Crippen LogP contribution in [0, 0.1) is 0 Å². The van der Waals surface area contributed by atoms with Crippen LogP contribution >= 0.6 is 0 Å². The van der Waals surface area contributed by atoms with E-state index in [0.29, 0.717) is 44.6 Å². The third kappa shape index (κ3) is 4.98. The number of carbonyl (C=O) groups excluding carboxylic acids is 3. The highest BCUT2D eigenvalue weighted by molar-refractivity contribution is 7.92. The number of hydrogen-bond acceptors (Lipinski definition) is 7. The fourth-order valence-corrected chi connectivity index (χ4v) is 6.27. The number of alkyl halides is 3. The topological polar surface area (TPSA) is 111 Å². The molecule has 0 bridgehead atoms. The van der Waals surface area contributed by atoms with Crippen molar-refractivity contribution in [3.8, 4) is 0 Å². The van der Waals surface area contributed by atoms with Crippen molar-refractivity contribution in [2.75, 3.05) is 36.0 Å². The molecule has 10 nitrogen and oxygen atoms in total. The normalized spacial score (nSPS) is 18.5. The summed E-state index contributed by atoms with van der Waals surface area (Å²) >= 11 is 0. The molecule has 3 aromatic rings. The summed E-state index contributed by atoms with van der Waals surface area (Å²) in [6.07, 6.45) is 2.27. The van der Waals surface area contributed by atoms with Crippen molar-refractivity contribution >= 4 is 39.1 Å². The first-order chi connectivity index (χ1) is 20.4. The first-order valence-corrected chi connectivity index (χ1v) is 15.0. The molecule has 1 aliphatic carbocycles. The van der Waals surface area contributed by atoms with E-state index in [-0.39, 0.29) is 23.8 Å². The maximum Gasteiger partial charge on any atom is 0.501 e. The average Bonchev–Trinajstić information content (AvgIpc) is 3.79. The van der Waals surface area contributed by atoms with Gasteiger partial charge < -0.3 is 14.7 Å². The number of aromatic nitrogens is 1. The molecule has 0 atom stereocenters. The minimum Gasteiger partial charge on any atom is -0.368 e. The van der Waals surface area contributed by atoms with Crippen LogP contribution in [0.2, 0.25) is 0 Å². The number of imide groups is 1. The maximum absolute atomic E-state index is 13.5. The number of halogens is 3. The van der Waals surface area contributed by atoms with Gasteiger partial charge in [0.25, 0.3) is 21.7 Å². The summed E-state index contributed by atoms with van der Waals surface area (Å²) in [5.74, 6) is -0.777. The third-order valence-electron chi connectivity index (χ3n) is 8.05. The number of rotatable bonds is 6. The second-order valence-electron chi connectivity index (χ2n) is 10.6. The van der Waals surface area contributed by atoms with Gasteiger partial charge in [0.1, 0.15) is 11.2 Å². The fraction of sp³-hybridized carbons (Fsp3) is 0.310. The van der Waals surface area contributed by atoms with Crippen LogP contribution in [0.15, 0.2) is 77.8 Å². The highest BCUT2D eigenvalue weighted by Crippen LogP contribution is 2.49. The van der Waals surface area contributed by atoms with E-state index in [1.54, 1.807) is 17.0 Å². The zero-order valence-electron chi connectivity index (χ0n) is 22.7. The molecule has 6 rings (SSSR count). The van der Waals surface area contributed by atoms with Gasteiger partial charge in [-0.2, -0.15) is 13.2 Å². The number of piperazine rings is 1. The molecule has 4 amide bonds. The summed E-state index contributed by atoms with van der Waals surface area (Å²) in [6.45, 7) is 2.37. The molecule has 1 saturated carbocycles. The van der Waals surface area contributed by atoms with Gasteiger partial charge in [-0.3, -0.25) is 14.6 Å². The van der Waals surface area contributed by atoms with Crippen molar-refractivity contribution in [2.24, 2.45) is 0 Å². The van der Waals surface area contributed by atoms with Gasteiger partial charge in [0.2, 0.25) is 0 Å². The lowest BCUT2D eigenvalue weighted by Gasteiger charge is -2.36. The van der Waals surface area contributed by atoms with E-state index >= 15 is 0 Å². The van der Waals surface area contributed by atoms with Crippen molar-refractivity contribution in [3.63, 3.8) is 0 Å². The van der Waals surface area contributed by atoms with Crippen molar-refractivity contribution in [1.29, 1.82) is 0 Å². The van der Waals surface area contributed by atoms with Gasteiger partial charge in [-0.25, -0.2) is 18.1 Å². The van der Waals surface area contributed by atoms with Gasteiger partial charge in [-0.15, -0.1) is 0 Å². The lowest BCUT2D eigenvalue weighted by molar-refractivity contribution is -0.120. The summed E-state index contributed by atoms with van der Waals surface area (Å²) < 4.78 is 62.2. The Balaban J connectivity index is 1.16. The highest BCUT2D eigenvalue weighted by atomic mass is 32.2. The van der Waals surface area contributed by atoms with Crippen LogP contribution in [0.3, 0.4) is 0 Å². The molecule has 43 heavy (non-hydrogen) atoms. The van der Waals surface area contributed by atoms with Gasteiger partial charge in [0, 0.05) is 44.6 Å². The Bertz CT molecular complexity index is 1690. The third-order valence-corrected chi connectivity index (χ3v) is 9.55. The molecule has 0 unspecified atom stereocenters. The van der Waals surface area contributed by atoms with Gasteiger partial charge in [0.15, 0.2) is 0 Å². The number of para-hydroxylation sites is 1. The van der Waals surface area contributed by atoms with Gasteiger partial charge in [-0.1, -0.05) is 18.2 Å². The van der Waals surface area contributed by atoms with Crippen LogP contribution in [0.5, 0.6) is 0 Å². The second-order valence-corrected chi connectivity index (χ2v) is 12.6. The minimum absolute atomic E-state index is 0.00615. The van der Waals surface area contributed by atoms with Gasteiger partial charge in [-0.05, 0) is 66.9 Å². The average molecular weight is 614 g/mol. The van der Waals surface area contributed by atoms with Crippen LogP contribution in [0.1, 0.15) is 28.9 Å². The van der Waals surface area contributed by atoms with E-state index in [1.165, 1.54) is 11.1 Å². The number of urea groups is 1. The van der Waals surface area contributed by atoms with E-state index in [0.717, 1.165) is 34.9 Å². The predicted octanol–water partition coefficient (Wildman–Crippen LogP) is 3.84. The molecule has 224 valence electrons. The minimum atomic E-state index is -5.58. The van der Waals surface area contributed by atoms with Crippen LogP contribution < -0.4 is 9.80 Å². The molecule has 2 aromatic carbocycles. The molecule has 3 fully saturated rings. The Hall–Kier alpha value is -4.46. The Morgan fingerprint density at radius 2 is 1.53 bits per heavy atom. The van der Waals surface area contributed by atoms with Crippen LogP contribution in [0.25, 0.3) is 0 Å². The standard InChI is InChI=1S/C29H26F3N5O5S/c30-29(31,32)43(41,42)23-8-6-22(7-9-23)37-26(39)28(11-12-28)36(27(37)40)19-20-10-13-33-24(18-20)25(38)35-16-14-34(15-17-35)21-4-2-1-3-5-21/h1-10,13,18H,11-12,14-17,19H2. The highest BCUT2D eigenvalue weighted by Gasteiger charge is 2.65. The summed E-state index contributed by atoms with van der Waals surface area (Å²) in [5, 5.41) is 0. The Labute approximate surface area is 245 Å². The number of hydrogen-bond donors (Lipinski definition) is 0. The summed E-state index contributed by atoms with van der Waals surface area (Å²) in [7, 11) is -5.58. The number of sulfone groups is 1. The molecule has 2 saturated heterocycles. The maximum atomic E-state index is 13.5. The van der Waals surface area contributed by atoms with Crippen molar-refractivity contribution in [3.05, 3.63) is 84.2 Å². The number of amides is 4. The molecule has 1 spiro atoms. The number of carbonyl (C=O) groups is 3. The summed E-state index contributed by atoms with van der Waals surface area (Å²) in [6, 6.07) is 15.9. The SMILES string of the molecule is O=C(c1cc(CN2C(=O)N(c3ccc(S(=O)(=O)C(F)(F)F)cc3)C(=O)C23CC3)ccn1)N1CCN(c2ccccc2)CC1. The van der Waals surface area contributed by atoms with E-state index in [1.807, 2.05) is 30.3 Å². The molecule has 3 heterocycles. The molecule has 0 radical (unpaired) electrons. The summed E-state index contributed by atoms with van der Waals surface area (Å²) in [4.78, 5) is 49.5. The first-order valence-electron chi connectivity index (χ1n) is 13.5. The van der Waals surface area contributed by atoms with Crippen molar-refractivity contribution in [2.45, 2.75) is 35.3 Å². The van der Waals surface area contributed by atoms with Crippen LogP contribution in [0.4, 0.5) is 29.3 Å². The molecule has 2 aliphatic heterocycles. The Morgan fingerprint density at radius 3 is 2.14 bits per heavy atom. The zero-order valence-corrected chi connectivity index (χ0v) is 23.5. The zero-order chi connectivity index (χ0) is 30.6. The van der Waals surface area contributed by atoms with E-state index in [2.05, 4.69) is 9.88 Å². The smallest absolute Gasteiger partial charge is 0.368 e. The largest absolute Gasteiger partial charge is 0.501 e. The van der Waals surface area contributed by atoms with E-state index < -0.39 is 37.7 Å². The van der Waals surface area contributed by atoms with Crippen molar-refractivity contribution in [1.82, 2.24) is 14.8 Å². The molecule has 0 N–H and O–H groups in total. The van der Waals surface area contributed by atoms with E-state index in [9.17, 15) is 36.0 Å². The van der Waals surface area contributed by atoms with Crippen LogP contribution in [-0.2, 0) is 21.2 Å². The quantitative estimate of drug-likeness (QED) is 0.389. The number of pyridine rings is 1. The van der Waals surface area contributed by atoms with Crippen LogP contribution in [-0.4, -0.2) is 78.3 Å². The number of nitrogens with zero attached hydrogens (tertiary/aromatic N) is 5. The Morgan fingerprint density at radius 1 is 0.884 bits per heavy atom. The first kappa shape index (κ1) is 28.6.